The number of anilines is 1. The van der Waals surface area contributed by atoms with Crippen molar-refractivity contribution in [1.82, 2.24) is 5.32 Å². The molecule has 1 aromatic rings. The van der Waals surface area contributed by atoms with Crippen molar-refractivity contribution < 1.29 is 19.1 Å². The highest BCUT2D eigenvalue weighted by atomic mass is 16.6. The third-order valence-corrected chi connectivity index (χ3v) is 4.35. The van der Waals surface area contributed by atoms with Crippen molar-refractivity contribution in [3.63, 3.8) is 0 Å². The first-order valence-electron chi connectivity index (χ1n) is 8.04. The molecule has 2 heterocycles. The van der Waals surface area contributed by atoms with Crippen LogP contribution in [0.1, 0.15) is 31.2 Å². The summed E-state index contributed by atoms with van der Waals surface area (Å²) in [6, 6.07) is 8.10. The van der Waals surface area contributed by atoms with Crippen LogP contribution in [0.2, 0.25) is 0 Å². The predicted octanol–water partition coefficient (Wildman–Crippen LogP) is 2.04. The second-order valence-corrected chi connectivity index (χ2v) is 6.03. The largest absolute Gasteiger partial charge is 0.442 e. The molecule has 0 spiro atoms. The van der Waals surface area contributed by atoms with Crippen molar-refractivity contribution in [3.8, 4) is 0 Å². The molecule has 124 valence electrons. The molecule has 2 amide bonds. The van der Waals surface area contributed by atoms with Crippen molar-refractivity contribution in [3.05, 3.63) is 29.8 Å². The van der Waals surface area contributed by atoms with Gasteiger partial charge in [-0.05, 0) is 36.5 Å². The van der Waals surface area contributed by atoms with E-state index < -0.39 is 0 Å². The van der Waals surface area contributed by atoms with Gasteiger partial charge in [-0.3, -0.25) is 9.69 Å². The Morgan fingerprint density at radius 2 is 1.96 bits per heavy atom. The van der Waals surface area contributed by atoms with Gasteiger partial charge in [0.15, 0.2) is 0 Å². The molecule has 0 saturated carbocycles. The van der Waals surface area contributed by atoms with Crippen LogP contribution in [-0.2, 0) is 14.3 Å². The Hall–Kier alpha value is -2.08. The van der Waals surface area contributed by atoms with Crippen LogP contribution < -0.4 is 10.2 Å². The van der Waals surface area contributed by atoms with Crippen molar-refractivity contribution in [2.24, 2.45) is 0 Å². The van der Waals surface area contributed by atoms with E-state index in [1.807, 2.05) is 12.1 Å². The van der Waals surface area contributed by atoms with E-state index in [0.29, 0.717) is 19.0 Å². The van der Waals surface area contributed by atoms with E-state index in [0.717, 1.165) is 31.7 Å². The molecule has 2 aliphatic heterocycles. The molecule has 6 heteroatoms. The molecule has 1 unspecified atom stereocenters. The molecule has 2 fully saturated rings. The lowest BCUT2D eigenvalue weighted by Crippen LogP contribution is -2.33. The monoisotopic (exact) mass is 318 g/mol. The summed E-state index contributed by atoms with van der Waals surface area (Å²) in [6.07, 6.45) is 1.43. The number of nitrogens with zero attached hydrogens (tertiary/aromatic N) is 1. The van der Waals surface area contributed by atoms with Gasteiger partial charge in [-0.25, -0.2) is 4.79 Å². The van der Waals surface area contributed by atoms with Gasteiger partial charge < -0.3 is 14.8 Å². The molecule has 1 atom stereocenters. The van der Waals surface area contributed by atoms with E-state index in [-0.39, 0.29) is 18.1 Å². The van der Waals surface area contributed by atoms with Gasteiger partial charge in [-0.15, -0.1) is 0 Å². The third-order valence-electron chi connectivity index (χ3n) is 4.35. The number of benzene rings is 1. The number of hydrogen-bond donors (Lipinski definition) is 1. The van der Waals surface area contributed by atoms with Crippen LogP contribution in [0.15, 0.2) is 24.3 Å². The summed E-state index contributed by atoms with van der Waals surface area (Å²) in [7, 11) is 0. The average Bonchev–Trinajstić information content (AvgIpc) is 2.95. The third kappa shape index (κ3) is 3.82. The maximum Gasteiger partial charge on any atom is 0.414 e. The number of rotatable bonds is 4. The van der Waals surface area contributed by atoms with Crippen LogP contribution in [0.25, 0.3) is 0 Å². The summed E-state index contributed by atoms with van der Waals surface area (Å²) in [5.41, 5.74) is 2.12. The Kier molecular flexibility index (Phi) is 4.81. The molecule has 0 radical (unpaired) electrons. The number of amides is 2. The summed E-state index contributed by atoms with van der Waals surface area (Å²) in [4.78, 5) is 24.5. The van der Waals surface area contributed by atoms with Gasteiger partial charge in [0.05, 0.1) is 13.1 Å². The zero-order valence-corrected chi connectivity index (χ0v) is 13.3. The van der Waals surface area contributed by atoms with Crippen molar-refractivity contribution in [2.45, 2.75) is 31.8 Å². The lowest BCUT2D eigenvalue weighted by Gasteiger charge is -2.23. The second-order valence-electron chi connectivity index (χ2n) is 6.03. The first kappa shape index (κ1) is 15.8. The standard InChI is InChI=1S/C17H22N2O4/c1-12(20)18-10-16-11-19(17(21)23-16)15-4-2-13(3-5-15)14-6-8-22-9-7-14/h2-5,14,16H,6-11H2,1H3,(H,18,20). The van der Waals surface area contributed by atoms with E-state index in [2.05, 4.69) is 17.4 Å². The normalized spacial score (nSPS) is 22.0. The molecule has 1 aromatic carbocycles. The van der Waals surface area contributed by atoms with Crippen molar-refractivity contribution in [2.75, 3.05) is 31.2 Å². The quantitative estimate of drug-likeness (QED) is 0.922. The van der Waals surface area contributed by atoms with Gasteiger partial charge in [-0.2, -0.15) is 0 Å². The summed E-state index contributed by atoms with van der Waals surface area (Å²) in [5, 5.41) is 2.68. The second kappa shape index (κ2) is 7.00. The minimum atomic E-state index is -0.362. The van der Waals surface area contributed by atoms with Gasteiger partial charge in [0.2, 0.25) is 5.91 Å². The molecule has 0 aliphatic carbocycles. The Morgan fingerprint density at radius 3 is 2.61 bits per heavy atom. The highest BCUT2D eigenvalue weighted by Gasteiger charge is 2.32. The van der Waals surface area contributed by atoms with Crippen LogP contribution in [0.3, 0.4) is 0 Å². The SMILES string of the molecule is CC(=O)NCC1CN(c2ccc(C3CCOCC3)cc2)C(=O)O1. The van der Waals surface area contributed by atoms with Gasteiger partial charge >= 0.3 is 6.09 Å². The fraction of sp³-hybridized carbons (Fsp3) is 0.529. The molecule has 0 bridgehead atoms. The Bertz CT molecular complexity index is 566. The predicted molar refractivity (Wildman–Crippen MR) is 85.5 cm³/mol. The van der Waals surface area contributed by atoms with Crippen LogP contribution in [0, 0.1) is 0 Å². The molecule has 2 aliphatic rings. The zero-order valence-electron chi connectivity index (χ0n) is 13.3. The van der Waals surface area contributed by atoms with E-state index in [1.165, 1.54) is 12.5 Å². The summed E-state index contributed by atoms with van der Waals surface area (Å²) >= 11 is 0. The topological polar surface area (TPSA) is 67.9 Å². The first-order chi connectivity index (χ1) is 11.1. The molecule has 1 N–H and O–H groups in total. The number of carbonyl (C=O) groups excluding carboxylic acids is 2. The van der Waals surface area contributed by atoms with E-state index in [1.54, 1.807) is 4.90 Å². The van der Waals surface area contributed by atoms with Gasteiger partial charge in [-0.1, -0.05) is 12.1 Å². The lowest BCUT2D eigenvalue weighted by molar-refractivity contribution is -0.119. The fourth-order valence-corrected chi connectivity index (χ4v) is 3.05. The maximum absolute atomic E-state index is 12.0. The minimum absolute atomic E-state index is 0.125. The highest BCUT2D eigenvalue weighted by molar-refractivity contribution is 5.89. The molecule has 2 saturated heterocycles. The van der Waals surface area contributed by atoms with Crippen LogP contribution in [0.4, 0.5) is 10.5 Å². The van der Waals surface area contributed by atoms with E-state index in [4.69, 9.17) is 9.47 Å². The lowest BCUT2D eigenvalue weighted by atomic mass is 9.91. The molecular formula is C17H22N2O4. The fourth-order valence-electron chi connectivity index (χ4n) is 3.05. The average molecular weight is 318 g/mol. The van der Waals surface area contributed by atoms with E-state index >= 15 is 0 Å². The first-order valence-corrected chi connectivity index (χ1v) is 8.04. The Balaban J connectivity index is 1.62. The summed E-state index contributed by atoms with van der Waals surface area (Å²) in [5.74, 6) is 0.413. The van der Waals surface area contributed by atoms with Crippen molar-refractivity contribution in [1.29, 1.82) is 0 Å². The molecule has 23 heavy (non-hydrogen) atoms. The minimum Gasteiger partial charge on any atom is -0.442 e. The molecular weight excluding hydrogens is 296 g/mol. The number of nitrogens with one attached hydrogen (secondary N) is 1. The smallest absolute Gasteiger partial charge is 0.414 e. The van der Waals surface area contributed by atoms with Gasteiger partial charge in [0.1, 0.15) is 6.10 Å². The van der Waals surface area contributed by atoms with Gasteiger partial charge in [0.25, 0.3) is 0 Å². The van der Waals surface area contributed by atoms with E-state index in [9.17, 15) is 9.59 Å². The zero-order chi connectivity index (χ0) is 16.2. The number of carbonyl (C=O) groups is 2. The van der Waals surface area contributed by atoms with Gasteiger partial charge in [0, 0.05) is 25.8 Å². The number of ether oxygens (including phenoxy) is 2. The number of cyclic esters (lactones) is 1. The Labute approximate surface area is 135 Å². The molecule has 3 rings (SSSR count). The maximum atomic E-state index is 12.0. The summed E-state index contributed by atoms with van der Waals surface area (Å²) in [6.45, 7) is 3.88. The molecule has 6 nitrogen and oxygen atoms in total. The van der Waals surface area contributed by atoms with Crippen molar-refractivity contribution >= 4 is 17.7 Å². The number of hydrogen-bond acceptors (Lipinski definition) is 4. The molecule has 0 aromatic heterocycles. The van der Waals surface area contributed by atoms with Crippen LogP contribution in [-0.4, -0.2) is 44.4 Å². The van der Waals surface area contributed by atoms with Crippen LogP contribution >= 0.6 is 0 Å². The van der Waals surface area contributed by atoms with Crippen LogP contribution in [0.5, 0.6) is 0 Å². The summed E-state index contributed by atoms with van der Waals surface area (Å²) < 4.78 is 10.7. The highest BCUT2D eigenvalue weighted by Crippen LogP contribution is 2.29. The Morgan fingerprint density at radius 1 is 1.26 bits per heavy atom.